The van der Waals surface area contributed by atoms with Crippen LogP contribution >= 0.6 is 11.6 Å². The van der Waals surface area contributed by atoms with Gasteiger partial charge in [0, 0.05) is 18.4 Å². The van der Waals surface area contributed by atoms with Crippen molar-refractivity contribution >= 4 is 23.2 Å². The van der Waals surface area contributed by atoms with Gasteiger partial charge in [0.15, 0.2) is 0 Å². The van der Waals surface area contributed by atoms with Crippen LogP contribution in [0.1, 0.15) is 12.8 Å². The molecule has 1 aliphatic carbocycles. The van der Waals surface area contributed by atoms with E-state index >= 15 is 0 Å². The summed E-state index contributed by atoms with van der Waals surface area (Å²) in [5.41, 5.74) is 1.99. The van der Waals surface area contributed by atoms with Crippen molar-refractivity contribution in [3.8, 4) is 11.1 Å². The van der Waals surface area contributed by atoms with Crippen molar-refractivity contribution in [2.24, 2.45) is 0 Å². The van der Waals surface area contributed by atoms with Gasteiger partial charge >= 0.3 is 0 Å². The van der Waals surface area contributed by atoms with E-state index in [-0.39, 0.29) is 0 Å². The summed E-state index contributed by atoms with van der Waals surface area (Å²) in [5, 5.41) is 4.04. The van der Waals surface area contributed by atoms with Gasteiger partial charge in [0.2, 0.25) is 5.78 Å². The maximum absolute atomic E-state index is 6.40. The fourth-order valence-corrected chi connectivity index (χ4v) is 2.61. The van der Waals surface area contributed by atoms with Crippen LogP contribution in [0.15, 0.2) is 42.7 Å². The summed E-state index contributed by atoms with van der Waals surface area (Å²) in [6, 6.07) is 10.6. The Labute approximate surface area is 121 Å². The van der Waals surface area contributed by atoms with E-state index in [1.54, 1.807) is 6.20 Å². The second kappa shape index (κ2) is 4.49. The molecular formula is C15H13ClN4. The number of hydrogen-bond donors (Lipinski definition) is 1. The maximum Gasteiger partial charge on any atom is 0.236 e. The van der Waals surface area contributed by atoms with Crippen LogP contribution in [0.3, 0.4) is 0 Å². The third-order valence-corrected chi connectivity index (χ3v) is 3.76. The number of nitrogens with one attached hydrogen (secondary N) is 1. The van der Waals surface area contributed by atoms with Crippen molar-refractivity contribution in [2.45, 2.75) is 18.9 Å². The normalized spacial score (nSPS) is 14.7. The summed E-state index contributed by atoms with van der Waals surface area (Å²) >= 11 is 6.40. The molecule has 0 bridgehead atoms. The summed E-state index contributed by atoms with van der Waals surface area (Å²) in [7, 11) is 0. The zero-order chi connectivity index (χ0) is 13.5. The van der Waals surface area contributed by atoms with E-state index in [4.69, 9.17) is 11.6 Å². The Morgan fingerprint density at radius 2 is 2.00 bits per heavy atom. The number of anilines is 1. The van der Waals surface area contributed by atoms with Gasteiger partial charge in [-0.15, -0.1) is 0 Å². The van der Waals surface area contributed by atoms with Gasteiger partial charge in [0.25, 0.3) is 0 Å². The molecule has 20 heavy (non-hydrogen) atoms. The van der Waals surface area contributed by atoms with Gasteiger partial charge in [0.05, 0.1) is 5.56 Å². The predicted molar refractivity (Wildman–Crippen MR) is 80.1 cm³/mol. The van der Waals surface area contributed by atoms with Gasteiger partial charge in [-0.1, -0.05) is 41.9 Å². The molecule has 0 spiro atoms. The molecule has 1 fully saturated rings. The van der Waals surface area contributed by atoms with Gasteiger partial charge in [-0.05, 0) is 18.4 Å². The number of aromatic nitrogens is 3. The van der Waals surface area contributed by atoms with E-state index in [1.807, 2.05) is 40.9 Å². The third kappa shape index (κ3) is 1.93. The first kappa shape index (κ1) is 11.7. The first-order valence-corrected chi connectivity index (χ1v) is 7.05. The number of benzene rings is 1. The van der Waals surface area contributed by atoms with Crippen LogP contribution in [0.4, 0.5) is 5.82 Å². The number of hydrogen-bond acceptors (Lipinski definition) is 3. The van der Waals surface area contributed by atoms with E-state index in [0.29, 0.717) is 17.0 Å². The van der Waals surface area contributed by atoms with Crippen molar-refractivity contribution in [1.82, 2.24) is 14.4 Å². The van der Waals surface area contributed by atoms with Gasteiger partial charge in [-0.2, -0.15) is 4.98 Å². The molecule has 0 radical (unpaired) electrons. The molecule has 0 saturated heterocycles. The zero-order valence-electron chi connectivity index (χ0n) is 10.8. The van der Waals surface area contributed by atoms with E-state index < -0.39 is 0 Å². The van der Waals surface area contributed by atoms with E-state index in [1.165, 1.54) is 12.8 Å². The van der Waals surface area contributed by atoms with Crippen LogP contribution in [0.5, 0.6) is 0 Å². The van der Waals surface area contributed by atoms with E-state index in [9.17, 15) is 0 Å². The fourth-order valence-electron chi connectivity index (χ4n) is 2.34. The molecule has 5 heteroatoms. The Morgan fingerprint density at radius 3 is 2.75 bits per heavy atom. The highest BCUT2D eigenvalue weighted by molar-refractivity contribution is 6.33. The first-order valence-electron chi connectivity index (χ1n) is 6.67. The first-order chi connectivity index (χ1) is 9.83. The maximum atomic E-state index is 6.40. The average Bonchev–Trinajstić information content (AvgIpc) is 3.15. The average molecular weight is 285 g/mol. The van der Waals surface area contributed by atoms with Gasteiger partial charge in [0.1, 0.15) is 11.0 Å². The summed E-state index contributed by atoms with van der Waals surface area (Å²) in [6.45, 7) is 0. The van der Waals surface area contributed by atoms with E-state index in [0.717, 1.165) is 16.9 Å². The third-order valence-electron chi connectivity index (χ3n) is 3.48. The number of rotatable bonds is 3. The van der Waals surface area contributed by atoms with Crippen LogP contribution in [-0.2, 0) is 0 Å². The van der Waals surface area contributed by atoms with Crippen LogP contribution in [0.2, 0.25) is 5.15 Å². The summed E-state index contributed by atoms with van der Waals surface area (Å²) < 4.78 is 1.96. The molecule has 4 rings (SSSR count). The monoisotopic (exact) mass is 284 g/mol. The van der Waals surface area contributed by atoms with Crippen molar-refractivity contribution < 1.29 is 0 Å². The highest BCUT2D eigenvalue weighted by atomic mass is 35.5. The second-order valence-corrected chi connectivity index (χ2v) is 5.37. The highest BCUT2D eigenvalue weighted by Crippen LogP contribution is 2.36. The van der Waals surface area contributed by atoms with Crippen molar-refractivity contribution in [3.63, 3.8) is 0 Å². The lowest BCUT2D eigenvalue weighted by molar-refractivity contribution is 1.05. The molecule has 0 unspecified atom stereocenters. The molecule has 0 aliphatic heterocycles. The molecular weight excluding hydrogens is 272 g/mol. The largest absolute Gasteiger partial charge is 0.368 e. The number of fused-ring (bicyclic) bond motifs is 1. The topological polar surface area (TPSA) is 42.2 Å². The Bertz CT molecular complexity index is 762. The van der Waals surface area contributed by atoms with Crippen LogP contribution in [-0.4, -0.2) is 20.4 Å². The van der Waals surface area contributed by atoms with E-state index in [2.05, 4.69) is 15.3 Å². The fraction of sp³-hybridized carbons (Fsp3) is 0.200. The standard InChI is InChI=1S/C15H13ClN4/c16-13-12(10-4-2-1-3-5-10)14(18-11-6-7-11)20-9-8-17-15(20)19-13/h1-5,8-9,11,18H,6-7H2. The van der Waals surface area contributed by atoms with Crippen molar-refractivity contribution in [1.29, 1.82) is 0 Å². The number of halogens is 1. The lowest BCUT2D eigenvalue weighted by Crippen LogP contribution is -2.09. The molecule has 3 aromatic rings. The smallest absolute Gasteiger partial charge is 0.236 e. The minimum Gasteiger partial charge on any atom is -0.368 e. The molecule has 0 amide bonds. The minimum atomic E-state index is 0.484. The number of nitrogens with zero attached hydrogens (tertiary/aromatic N) is 3. The van der Waals surface area contributed by atoms with Crippen LogP contribution < -0.4 is 5.32 Å². The molecule has 0 atom stereocenters. The molecule has 1 N–H and O–H groups in total. The Balaban J connectivity index is 1.99. The van der Waals surface area contributed by atoms with Gasteiger partial charge in [-0.3, -0.25) is 4.40 Å². The van der Waals surface area contributed by atoms with Crippen LogP contribution in [0.25, 0.3) is 16.9 Å². The molecule has 2 heterocycles. The quantitative estimate of drug-likeness (QED) is 0.747. The van der Waals surface area contributed by atoms with Gasteiger partial charge in [-0.25, -0.2) is 4.98 Å². The molecule has 4 nitrogen and oxygen atoms in total. The number of imidazole rings is 1. The molecule has 2 aromatic heterocycles. The predicted octanol–water partition coefficient (Wildman–Crippen LogP) is 3.62. The van der Waals surface area contributed by atoms with Crippen molar-refractivity contribution in [2.75, 3.05) is 5.32 Å². The molecule has 1 aliphatic rings. The Morgan fingerprint density at radius 1 is 1.20 bits per heavy atom. The van der Waals surface area contributed by atoms with Gasteiger partial charge < -0.3 is 5.32 Å². The summed E-state index contributed by atoms with van der Waals surface area (Å²) in [5.74, 6) is 1.60. The summed E-state index contributed by atoms with van der Waals surface area (Å²) in [6.07, 6.45) is 6.05. The summed E-state index contributed by atoms with van der Waals surface area (Å²) in [4.78, 5) is 8.61. The lowest BCUT2D eigenvalue weighted by Gasteiger charge is -2.15. The molecule has 1 saturated carbocycles. The molecule has 1 aromatic carbocycles. The SMILES string of the molecule is Clc1nc2nccn2c(NC2CC2)c1-c1ccccc1. The Kier molecular flexibility index (Phi) is 2.63. The second-order valence-electron chi connectivity index (χ2n) is 5.01. The highest BCUT2D eigenvalue weighted by Gasteiger charge is 2.25. The molecule has 100 valence electrons. The minimum absolute atomic E-state index is 0.484. The Hall–Kier alpha value is -2.07. The van der Waals surface area contributed by atoms with Crippen LogP contribution in [0, 0.1) is 0 Å². The van der Waals surface area contributed by atoms with Crippen molar-refractivity contribution in [3.05, 3.63) is 47.9 Å². The zero-order valence-corrected chi connectivity index (χ0v) is 11.5. The lowest BCUT2D eigenvalue weighted by atomic mass is 10.1.